The van der Waals surface area contributed by atoms with E-state index < -0.39 is 0 Å². The van der Waals surface area contributed by atoms with Crippen molar-refractivity contribution in [3.8, 4) is 18.0 Å². The number of aryl methyl sites for hydroxylation is 1. The minimum absolute atomic E-state index is 0.177. The van der Waals surface area contributed by atoms with Gasteiger partial charge in [0.2, 0.25) is 0 Å². The van der Waals surface area contributed by atoms with E-state index in [0.29, 0.717) is 0 Å². The van der Waals surface area contributed by atoms with Gasteiger partial charge in [-0.1, -0.05) is 5.92 Å². The van der Waals surface area contributed by atoms with Crippen molar-refractivity contribution in [2.45, 2.75) is 0 Å². The third-order valence-electron chi connectivity index (χ3n) is 2.14. The maximum atomic E-state index is 11.5. The van der Waals surface area contributed by atoms with E-state index in [1.807, 2.05) is 0 Å². The molecule has 0 amide bonds. The van der Waals surface area contributed by atoms with Crippen LogP contribution in [0, 0.1) is 12.3 Å². The summed E-state index contributed by atoms with van der Waals surface area (Å²) in [4.78, 5) is 11.5. The Bertz CT molecular complexity index is 569. The van der Waals surface area contributed by atoms with Gasteiger partial charge < -0.3 is 0 Å². The second-order valence-corrected chi connectivity index (χ2v) is 3.10. The van der Waals surface area contributed by atoms with Crippen LogP contribution in [0.1, 0.15) is 5.56 Å². The van der Waals surface area contributed by atoms with Crippen molar-refractivity contribution >= 4 is 0 Å². The normalized spacial score (nSPS) is 9.87. The molecule has 0 saturated heterocycles. The summed E-state index contributed by atoms with van der Waals surface area (Å²) in [6.07, 6.45) is 6.72. The molecule has 1 aromatic carbocycles. The predicted octanol–water partition coefficient (Wildman–Crippen LogP) is 0.552. The van der Waals surface area contributed by atoms with Crippen LogP contribution >= 0.6 is 0 Å². The summed E-state index contributed by atoms with van der Waals surface area (Å²) in [7, 11) is 1.61. The molecule has 2 rings (SSSR count). The minimum Gasteiger partial charge on any atom is -0.250 e. The monoisotopic (exact) mass is 199 g/mol. The number of aromatic nitrogens is 3. The van der Waals surface area contributed by atoms with Gasteiger partial charge in [0, 0.05) is 12.6 Å². The van der Waals surface area contributed by atoms with E-state index in [9.17, 15) is 4.79 Å². The lowest BCUT2D eigenvalue weighted by Crippen LogP contribution is -2.21. The Hall–Kier alpha value is -2.28. The van der Waals surface area contributed by atoms with E-state index in [4.69, 9.17) is 6.42 Å². The topological polar surface area (TPSA) is 39.8 Å². The molecule has 4 heteroatoms. The highest BCUT2D eigenvalue weighted by Gasteiger charge is 2.02. The highest BCUT2D eigenvalue weighted by Crippen LogP contribution is 2.05. The molecule has 0 saturated carbocycles. The second kappa shape index (κ2) is 3.46. The third kappa shape index (κ3) is 1.55. The summed E-state index contributed by atoms with van der Waals surface area (Å²) in [5.74, 6) is 2.52. The molecule has 1 heterocycles. The van der Waals surface area contributed by atoms with Gasteiger partial charge in [-0.2, -0.15) is 5.10 Å². The Morgan fingerprint density at radius 1 is 1.33 bits per heavy atom. The van der Waals surface area contributed by atoms with E-state index in [2.05, 4.69) is 11.0 Å². The molecule has 0 unspecified atom stereocenters. The Morgan fingerprint density at radius 3 is 2.47 bits per heavy atom. The summed E-state index contributed by atoms with van der Waals surface area (Å²) in [5.41, 5.74) is 1.37. The number of nitrogens with zero attached hydrogens (tertiary/aromatic N) is 3. The Kier molecular flexibility index (Phi) is 2.14. The molecule has 0 aliphatic rings. The van der Waals surface area contributed by atoms with Crippen molar-refractivity contribution in [3.05, 3.63) is 46.6 Å². The van der Waals surface area contributed by atoms with Crippen molar-refractivity contribution in [2.75, 3.05) is 0 Å². The van der Waals surface area contributed by atoms with Crippen molar-refractivity contribution < 1.29 is 0 Å². The maximum absolute atomic E-state index is 11.5. The van der Waals surface area contributed by atoms with Crippen LogP contribution in [0.3, 0.4) is 0 Å². The fraction of sp³-hybridized carbons (Fsp3) is 0.0909. The van der Waals surface area contributed by atoms with Gasteiger partial charge in [-0.3, -0.25) is 0 Å². The molecule has 1 aromatic heterocycles. The van der Waals surface area contributed by atoms with Crippen LogP contribution in [-0.4, -0.2) is 14.3 Å². The zero-order valence-corrected chi connectivity index (χ0v) is 8.21. The molecule has 0 fully saturated rings. The van der Waals surface area contributed by atoms with Crippen LogP contribution in [0.4, 0.5) is 0 Å². The number of rotatable bonds is 1. The van der Waals surface area contributed by atoms with Crippen LogP contribution in [0.15, 0.2) is 35.4 Å². The Labute approximate surface area is 86.8 Å². The quantitative estimate of drug-likeness (QED) is 0.629. The zero-order valence-electron chi connectivity index (χ0n) is 8.21. The highest BCUT2D eigenvalue weighted by molar-refractivity contribution is 5.40. The van der Waals surface area contributed by atoms with Crippen LogP contribution in [-0.2, 0) is 7.05 Å². The number of terminal acetylenes is 1. The van der Waals surface area contributed by atoms with E-state index >= 15 is 0 Å². The maximum Gasteiger partial charge on any atom is 0.350 e. The molecular formula is C11H9N3O. The average Bonchev–Trinajstić information content (AvgIpc) is 2.60. The van der Waals surface area contributed by atoms with Gasteiger partial charge in [0.25, 0.3) is 0 Å². The second-order valence-electron chi connectivity index (χ2n) is 3.10. The number of hydrogen-bond donors (Lipinski definition) is 0. The zero-order chi connectivity index (χ0) is 10.8. The van der Waals surface area contributed by atoms with Gasteiger partial charge in [-0.25, -0.2) is 14.0 Å². The van der Waals surface area contributed by atoms with Crippen molar-refractivity contribution in [2.24, 2.45) is 7.05 Å². The first-order valence-corrected chi connectivity index (χ1v) is 4.40. The molecular weight excluding hydrogens is 190 g/mol. The molecule has 0 aliphatic heterocycles. The molecule has 0 aliphatic carbocycles. The Balaban J connectivity index is 2.52. The molecule has 2 aromatic rings. The molecule has 15 heavy (non-hydrogen) atoms. The van der Waals surface area contributed by atoms with Gasteiger partial charge in [0.05, 0.1) is 5.69 Å². The Morgan fingerprint density at radius 2 is 2.00 bits per heavy atom. The molecule has 0 N–H and O–H groups in total. The molecule has 74 valence electrons. The summed E-state index contributed by atoms with van der Waals surface area (Å²) < 4.78 is 2.73. The van der Waals surface area contributed by atoms with Gasteiger partial charge in [0.1, 0.15) is 6.33 Å². The predicted molar refractivity (Wildman–Crippen MR) is 56.7 cm³/mol. The van der Waals surface area contributed by atoms with E-state index in [1.165, 1.54) is 15.6 Å². The summed E-state index contributed by atoms with van der Waals surface area (Å²) in [6, 6.07) is 7.15. The van der Waals surface area contributed by atoms with Gasteiger partial charge in [-0.15, -0.1) is 6.42 Å². The van der Waals surface area contributed by atoms with Gasteiger partial charge in [0.15, 0.2) is 0 Å². The fourth-order valence-electron chi connectivity index (χ4n) is 1.28. The summed E-state index contributed by atoms with van der Waals surface area (Å²) in [6.45, 7) is 0. The lowest BCUT2D eigenvalue weighted by molar-refractivity contribution is 0.726. The first-order valence-electron chi connectivity index (χ1n) is 4.40. The molecule has 0 bridgehead atoms. The van der Waals surface area contributed by atoms with Crippen molar-refractivity contribution in [3.63, 3.8) is 0 Å². The lowest BCUT2D eigenvalue weighted by atomic mass is 10.2. The molecule has 0 atom stereocenters. The van der Waals surface area contributed by atoms with Crippen LogP contribution in [0.5, 0.6) is 0 Å². The molecule has 4 nitrogen and oxygen atoms in total. The van der Waals surface area contributed by atoms with Gasteiger partial charge in [-0.05, 0) is 24.3 Å². The van der Waals surface area contributed by atoms with Crippen LogP contribution < -0.4 is 5.69 Å². The van der Waals surface area contributed by atoms with Crippen LogP contribution in [0.2, 0.25) is 0 Å². The standard InChI is InChI=1S/C11H9N3O/c1-3-9-4-6-10(7-5-9)14-8-12-13(2)11(14)15/h1,4-8H,2H3. The van der Waals surface area contributed by atoms with E-state index in [0.717, 1.165) is 11.3 Å². The van der Waals surface area contributed by atoms with Crippen molar-refractivity contribution in [1.82, 2.24) is 14.3 Å². The fourth-order valence-corrected chi connectivity index (χ4v) is 1.28. The average molecular weight is 199 g/mol. The summed E-state index contributed by atoms with van der Waals surface area (Å²) >= 11 is 0. The highest BCUT2D eigenvalue weighted by atomic mass is 16.2. The molecule has 0 spiro atoms. The van der Waals surface area contributed by atoms with Gasteiger partial charge >= 0.3 is 5.69 Å². The van der Waals surface area contributed by atoms with Crippen LogP contribution in [0.25, 0.3) is 5.69 Å². The smallest absolute Gasteiger partial charge is 0.250 e. The van der Waals surface area contributed by atoms with Crippen molar-refractivity contribution in [1.29, 1.82) is 0 Å². The van der Waals surface area contributed by atoms with E-state index in [-0.39, 0.29) is 5.69 Å². The number of benzene rings is 1. The minimum atomic E-state index is -0.177. The van der Waals surface area contributed by atoms with E-state index in [1.54, 1.807) is 31.3 Å². The summed E-state index contributed by atoms with van der Waals surface area (Å²) in [5, 5.41) is 3.86. The SMILES string of the molecule is C#Cc1ccc(-n2cnn(C)c2=O)cc1. The first kappa shape index (κ1) is 9.28. The largest absolute Gasteiger partial charge is 0.350 e. The molecule has 0 radical (unpaired) electrons. The lowest BCUT2D eigenvalue weighted by Gasteiger charge is -1.99. The first-order chi connectivity index (χ1) is 7.22. The number of hydrogen-bond acceptors (Lipinski definition) is 2. The third-order valence-corrected chi connectivity index (χ3v) is 2.14.